The van der Waals surface area contributed by atoms with Crippen LogP contribution in [0, 0.1) is 11.3 Å². The van der Waals surface area contributed by atoms with Crippen molar-refractivity contribution in [3.63, 3.8) is 0 Å². The Bertz CT molecular complexity index is 1220. The molecule has 0 spiro atoms. The zero-order valence-corrected chi connectivity index (χ0v) is 21.1. The van der Waals surface area contributed by atoms with Crippen molar-refractivity contribution >= 4 is 0 Å². The van der Waals surface area contributed by atoms with Gasteiger partial charge in [0, 0.05) is 18.0 Å². The van der Waals surface area contributed by atoms with E-state index in [0.29, 0.717) is 50.3 Å². The molecule has 0 aliphatic heterocycles. The van der Waals surface area contributed by atoms with Gasteiger partial charge in [0.1, 0.15) is 18.4 Å². The lowest BCUT2D eigenvalue weighted by Gasteiger charge is -2.17. The van der Waals surface area contributed by atoms with Crippen LogP contribution >= 0.6 is 0 Å². The first kappa shape index (κ1) is 25.8. The molecule has 1 aliphatic rings. The maximum atomic E-state index is 9.91. The van der Waals surface area contributed by atoms with E-state index in [1.54, 1.807) is 0 Å². The standard InChI is InChI=1S/C30H34N2O4/c1-3-22-16-25(17-26(19-31)30(22)36-15-14-35-13-12-34-11-10-33)24-6-7-27-28(18-24)21(2)4-5-23-8-9-32-20-29(23)27/h6-9,16-18,20-21,33H,3-5,10-15H2,1-2H3. The SMILES string of the molecule is CCc1cc(-c2ccc3c(c2)C(C)CCc2ccncc2-3)cc(C#N)c1OCCOCCOCCO. The third kappa shape index (κ3) is 5.93. The minimum absolute atomic E-state index is 0.00571. The molecule has 1 heterocycles. The summed E-state index contributed by atoms with van der Waals surface area (Å²) in [5.74, 6) is 1.07. The number of rotatable bonds is 11. The molecular weight excluding hydrogens is 452 g/mol. The van der Waals surface area contributed by atoms with Gasteiger partial charge in [-0.05, 0) is 76.8 Å². The van der Waals surface area contributed by atoms with Crippen LogP contribution in [0.2, 0.25) is 0 Å². The second kappa shape index (κ2) is 12.6. The van der Waals surface area contributed by atoms with Gasteiger partial charge in [0.05, 0.1) is 38.6 Å². The van der Waals surface area contributed by atoms with Gasteiger partial charge in [0.2, 0.25) is 0 Å². The van der Waals surface area contributed by atoms with E-state index >= 15 is 0 Å². The maximum Gasteiger partial charge on any atom is 0.140 e. The molecule has 1 unspecified atom stereocenters. The number of nitrogens with zero attached hydrogens (tertiary/aromatic N) is 2. The second-order valence-electron chi connectivity index (χ2n) is 9.05. The molecule has 36 heavy (non-hydrogen) atoms. The van der Waals surface area contributed by atoms with E-state index < -0.39 is 0 Å². The molecule has 3 aromatic rings. The molecule has 6 nitrogen and oxygen atoms in total. The van der Waals surface area contributed by atoms with E-state index in [9.17, 15) is 5.26 Å². The van der Waals surface area contributed by atoms with Gasteiger partial charge in [-0.15, -0.1) is 0 Å². The number of fused-ring (bicyclic) bond motifs is 3. The van der Waals surface area contributed by atoms with Crippen LogP contribution in [-0.2, 0) is 22.3 Å². The Morgan fingerprint density at radius 1 is 1.00 bits per heavy atom. The Labute approximate surface area is 213 Å². The average molecular weight is 487 g/mol. The first-order chi connectivity index (χ1) is 17.7. The molecule has 188 valence electrons. The van der Waals surface area contributed by atoms with Crippen LogP contribution in [0.4, 0.5) is 0 Å². The van der Waals surface area contributed by atoms with Gasteiger partial charge in [-0.25, -0.2) is 0 Å². The third-order valence-electron chi connectivity index (χ3n) is 6.71. The molecule has 1 N–H and O–H groups in total. The minimum atomic E-state index is 0.00571. The fourth-order valence-corrected chi connectivity index (χ4v) is 4.77. The predicted octanol–water partition coefficient (Wildman–Crippen LogP) is 5.30. The number of pyridine rings is 1. The van der Waals surface area contributed by atoms with Crippen molar-refractivity contribution in [3.8, 4) is 34.1 Å². The summed E-state index contributed by atoms with van der Waals surface area (Å²) in [4.78, 5) is 4.38. The van der Waals surface area contributed by atoms with Crippen molar-refractivity contribution in [2.24, 2.45) is 0 Å². The molecule has 0 bridgehead atoms. The Hall–Kier alpha value is -3.24. The molecule has 1 aliphatic carbocycles. The number of nitriles is 1. The van der Waals surface area contributed by atoms with Crippen LogP contribution in [0.25, 0.3) is 22.3 Å². The van der Waals surface area contributed by atoms with Crippen LogP contribution in [0.5, 0.6) is 5.75 Å². The number of aryl methyl sites for hydroxylation is 2. The van der Waals surface area contributed by atoms with Crippen molar-refractivity contribution in [2.75, 3.05) is 39.6 Å². The summed E-state index contributed by atoms with van der Waals surface area (Å²) in [6, 6.07) is 15.2. The van der Waals surface area contributed by atoms with E-state index in [2.05, 4.69) is 55.2 Å². The molecule has 1 atom stereocenters. The number of benzene rings is 2. The molecule has 0 amide bonds. The van der Waals surface area contributed by atoms with Crippen molar-refractivity contribution < 1.29 is 19.3 Å². The highest BCUT2D eigenvalue weighted by molar-refractivity contribution is 5.77. The van der Waals surface area contributed by atoms with Crippen LogP contribution in [0.15, 0.2) is 48.8 Å². The maximum absolute atomic E-state index is 9.91. The van der Waals surface area contributed by atoms with Gasteiger partial charge in [0.15, 0.2) is 0 Å². The summed E-state index contributed by atoms with van der Waals surface area (Å²) in [6.07, 6.45) is 6.76. The Morgan fingerprint density at radius 3 is 2.58 bits per heavy atom. The summed E-state index contributed by atoms with van der Waals surface area (Å²) in [7, 11) is 0. The zero-order chi connectivity index (χ0) is 25.3. The van der Waals surface area contributed by atoms with E-state index in [1.807, 2.05) is 18.5 Å². The molecule has 0 radical (unpaired) electrons. The van der Waals surface area contributed by atoms with Crippen molar-refractivity contribution in [2.45, 2.75) is 39.0 Å². The first-order valence-corrected chi connectivity index (χ1v) is 12.7. The Balaban J connectivity index is 1.55. The number of ether oxygens (including phenoxy) is 3. The number of hydrogen-bond donors (Lipinski definition) is 1. The lowest BCUT2D eigenvalue weighted by atomic mass is 9.89. The van der Waals surface area contributed by atoms with E-state index in [1.165, 1.54) is 22.3 Å². The number of aliphatic hydroxyl groups is 1. The van der Waals surface area contributed by atoms with E-state index in [4.69, 9.17) is 19.3 Å². The summed E-state index contributed by atoms with van der Waals surface area (Å²) in [6.45, 7) is 6.30. The van der Waals surface area contributed by atoms with Gasteiger partial charge in [-0.3, -0.25) is 4.98 Å². The number of aliphatic hydroxyl groups excluding tert-OH is 1. The second-order valence-corrected chi connectivity index (χ2v) is 9.05. The number of aromatic nitrogens is 1. The fraction of sp³-hybridized carbons (Fsp3) is 0.400. The quantitative estimate of drug-likeness (QED) is 0.370. The zero-order valence-electron chi connectivity index (χ0n) is 21.1. The largest absolute Gasteiger partial charge is 0.490 e. The summed E-state index contributed by atoms with van der Waals surface area (Å²) in [5, 5.41) is 18.6. The first-order valence-electron chi connectivity index (χ1n) is 12.7. The highest BCUT2D eigenvalue weighted by Gasteiger charge is 2.21. The van der Waals surface area contributed by atoms with E-state index in [-0.39, 0.29) is 6.61 Å². The normalized spacial score (nSPS) is 14.4. The molecule has 0 fully saturated rings. The molecule has 4 rings (SSSR count). The van der Waals surface area contributed by atoms with Crippen molar-refractivity contribution in [1.29, 1.82) is 5.26 Å². The Morgan fingerprint density at radius 2 is 1.81 bits per heavy atom. The van der Waals surface area contributed by atoms with Crippen molar-refractivity contribution in [1.82, 2.24) is 4.98 Å². The fourth-order valence-electron chi connectivity index (χ4n) is 4.77. The highest BCUT2D eigenvalue weighted by atomic mass is 16.5. The smallest absolute Gasteiger partial charge is 0.140 e. The highest BCUT2D eigenvalue weighted by Crippen LogP contribution is 2.40. The molecule has 6 heteroatoms. The van der Waals surface area contributed by atoms with E-state index in [0.717, 1.165) is 36.0 Å². The van der Waals surface area contributed by atoms with Gasteiger partial charge in [-0.2, -0.15) is 5.26 Å². The molecule has 2 aromatic carbocycles. The van der Waals surface area contributed by atoms with Gasteiger partial charge in [-0.1, -0.05) is 32.0 Å². The molecule has 0 saturated carbocycles. The Kier molecular flexibility index (Phi) is 9.07. The van der Waals surface area contributed by atoms with Gasteiger partial charge >= 0.3 is 0 Å². The third-order valence-corrected chi connectivity index (χ3v) is 6.71. The minimum Gasteiger partial charge on any atom is -0.490 e. The van der Waals surface area contributed by atoms with Crippen molar-refractivity contribution in [3.05, 3.63) is 71.0 Å². The summed E-state index contributed by atoms with van der Waals surface area (Å²) in [5.41, 5.74) is 8.84. The topological polar surface area (TPSA) is 84.6 Å². The molecular formula is C30H34N2O4. The van der Waals surface area contributed by atoms with Crippen LogP contribution in [-0.4, -0.2) is 49.7 Å². The predicted molar refractivity (Wildman–Crippen MR) is 140 cm³/mol. The summed E-state index contributed by atoms with van der Waals surface area (Å²) >= 11 is 0. The summed E-state index contributed by atoms with van der Waals surface area (Å²) < 4.78 is 16.7. The van der Waals surface area contributed by atoms with Crippen LogP contribution < -0.4 is 4.74 Å². The van der Waals surface area contributed by atoms with Crippen LogP contribution in [0.1, 0.15) is 48.4 Å². The van der Waals surface area contributed by atoms with Gasteiger partial charge in [0.25, 0.3) is 0 Å². The lowest BCUT2D eigenvalue weighted by molar-refractivity contribution is 0.0246. The van der Waals surface area contributed by atoms with Crippen LogP contribution in [0.3, 0.4) is 0 Å². The molecule has 1 aromatic heterocycles. The monoisotopic (exact) mass is 486 g/mol. The van der Waals surface area contributed by atoms with Gasteiger partial charge < -0.3 is 19.3 Å². The molecule has 0 saturated heterocycles. The lowest BCUT2D eigenvalue weighted by Crippen LogP contribution is -2.13. The number of hydrogen-bond acceptors (Lipinski definition) is 6. The average Bonchev–Trinajstić information content (AvgIpc) is 3.06.